The zero-order chi connectivity index (χ0) is 20.7. The minimum Gasteiger partial charge on any atom is -0.489 e. The summed E-state index contributed by atoms with van der Waals surface area (Å²) in [6.07, 6.45) is 0. The Kier molecular flexibility index (Phi) is 11.3. The van der Waals surface area contributed by atoms with E-state index >= 15 is 0 Å². The molecular weight excluding hydrogens is 388 g/mol. The summed E-state index contributed by atoms with van der Waals surface area (Å²) in [4.78, 5) is 4.56. The Labute approximate surface area is 179 Å². The third-order valence-electron chi connectivity index (χ3n) is 5.10. The fourth-order valence-corrected chi connectivity index (χ4v) is 3.42. The molecule has 30 heavy (non-hydrogen) atoms. The van der Waals surface area contributed by atoms with E-state index in [0.717, 1.165) is 44.2 Å². The highest BCUT2D eigenvalue weighted by Crippen LogP contribution is 2.27. The molecule has 0 atom stereocenters. The molecule has 8 heteroatoms. The second-order valence-corrected chi connectivity index (χ2v) is 7.21. The van der Waals surface area contributed by atoms with Crippen LogP contribution < -0.4 is 9.64 Å². The van der Waals surface area contributed by atoms with Crippen LogP contribution in [0.4, 0.5) is 5.69 Å². The Hall–Kier alpha value is -1.42. The molecule has 0 aliphatic carbocycles. The van der Waals surface area contributed by atoms with Gasteiger partial charge in [0, 0.05) is 32.7 Å². The molecule has 0 amide bonds. The smallest absolute Gasteiger partial charge is 0.142 e. The molecule has 0 aromatic heterocycles. The summed E-state index contributed by atoms with van der Waals surface area (Å²) in [7, 11) is 0. The van der Waals surface area contributed by atoms with Gasteiger partial charge in [0.15, 0.2) is 0 Å². The van der Waals surface area contributed by atoms with Crippen LogP contribution in [-0.4, -0.2) is 110 Å². The van der Waals surface area contributed by atoms with Crippen LogP contribution in [0.25, 0.3) is 0 Å². The predicted molar refractivity (Wildman–Crippen MR) is 115 cm³/mol. The summed E-state index contributed by atoms with van der Waals surface area (Å²) in [6.45, 7) is 10.8. The molecule has 170 valence electrons. The molecule has 1 saturated heterocycles. The van der Waals surface area contributed by atoms with Crippen LogP contribution in [0.15, 0.2) is 24.3 Å². The third-order valence-corrected chi connectivity index (χ3v) is 5.10. The molecule has 0 spiro atoms. The molecule has 3 aliphatic heterocycles. The Morgan fingerprint density at radius 1 is 0.500 bits per heavy atom. The van der Waals surface area contributed by atoms with Crippen molar-refractivity contribution in [2.75, 3.05) is 110 Å². The lowest BCUT2D eigenvalue weighted by Gasteiger charge is -2.27. The number of hydrogen-bond donors (Lipinski definition) is 0. The first-order chi connectivity index (χ1) is 14.9. The number of benzene rings is 1. The highest BCUT2D eigenvalue weighted by atomic mass is 16.5. The summed E-state index contributed by atoms with van der Waals surface area (Å²) in [5.74, 6) is 0.858. The van der Waals surface area contributed by atoms with Gasteiger partial charge < -0.3 is 33.3 Å². The normalized spacial score (nSPS) is 22.6. The largest absolute Gasteiger partial charge is 0.489 e. The van der Waals surface area contributed by atoms with Crippen molar-refractivity contribution in [2.45, 2.75) is 0 Å². The molecule has 4 rings (SSSR count). The second-order valence-electron chi connectivity index (χ2n) is 7.21. The molecule has 0 unspecified atom stereocenters. The van der Waals surface area contributed by atoms with Gasteiger partial charge in [-0.3, -0.25) is 4.90 Å². The van der Waals surface area contributed by atoms with Gasteiger partial charge in [-0.05, 0) is 12.1 Å². The lowest BCUT2D eigenvalue weighted by atomic mass is 10.2. The maximum Gasteiger partial charge on any atom is 0.142 e. The fourth-order valence-electron chi connectivity index (χ4n) is 3.42. The maximum atomic E-state index is 6.05. The van der Waals surface area contributed by atoms with Crippen LogP contribution in [-0.2, 0) is 23.7 Å². The number of fused-ring (bicyclic) bond motifs is 19. The number of anilines is 1. The van der Waals surface area contributed by atoms with Gasteiger partial charge in [0.05, 0.1) is 71.8 Å². The monoisotopic (exact) mass is 424 g/mol. The van der Waals surface area contributed by atoms with E-state index in [4.69, 9.17) is 28.4 Å². The Balaban J connectivity index is 1.71. The third kappa shape index (κ3) is 8.75. The molecule has 8 nitrogen and oxygen atoms in total. The van der Waals surface area contributed by atoms with Gasteiger partial charge in [-0.1, -0.05) is 12.1 Å². The lowest BCUT2D eigenvalue weighted by Crippen LogP contribution is -2.35. The minimum absolute atomic E-state index is 0.518. The number of nitrogens with zero attached hydrogens (tertiary/aromatic N) is 2. The predicted octanol–water partition coefficient (Wildman–Crippen LogP) is 1.28. The fraction of sp³-hybridized carbons (Fsp3) is 0.727. The van der Waals surface area contributed by atoms with Gasteiger partial charge in [-0.25, -0.2) is 0 Å². The molecule has 0 radical (unpaired) electrons. The molecule has 2 bridgehead atoms. The zero-order valence-corrected chi connectivity index (χ0v) is 18.0. The minimum atomic E-state index is 0.518. The highest BCUT2D eigenvalue weighted by molar-refractivity contribution is 5.58. The first kappa shape index (κ1) is 23.2. The number of rotatable bonds is 0. The van der Waals surface area contributed by atoms with E-state index in [1.165, 1.54) is 0 Å². The van der Waals surface area contributed by atoms with Crippen molar-refractivity contribution in [2.24, 2.45) is 0 Å². The van der Waals surface area contributed by atoms with Gasteiger partial charge in [-0.15, -0.1) is 0 Å². The molecule has 3 heterocycles. The van der Waals surface area contributed by atoms with Crippen molar-refractivity contribution in [3.8, 4) is 5.75 Å². The quantitative estimate of drug-likeness (QED) is 0.617. The molecule has 0 N–H and O–H groups in total. The van der Waals surface area contributed by atoms with Crippen molar-refractivity contribution >= 4 is 5.69 Å². The first-order valence-electron chi connectivity index (χ1n) is 11.0. The van der Waals surface area contributed by atoms with Gasteiger partial charge >= 0.3 is 0 Å². The second kappa shape index (κ2) is 14.6. The van der Waals surface area contributed by atoms with Gasteiger partial charge in [0.2, 0.25) is 0 Å². The van der Waals surface area contributed by atoms with E-state index in [0.29, 0.717) is 72.7 Å². The van der Waals surface area contributed by atoms with Crippen LogP contribution >= 0.6 is 0 Å². The first-order valence-corrected chi connectivity index (χ1v) is 11.0. The van der Waals surface area contributed by atoms with Crippen LogP contribution in [0.3, 0.4) is 0 Å². The molecule has 1 aromatic rings. The SMILES string of the molecule is c1ccc2c(c1)OCCOCCN1CCOCCOCCN2CCOCCOCC1. The highest BCUT2D eigenvalue weighted by Gasteiger charge is 2.13. The van der Waals surface area contributed by atoms with E-state index < -0.39 is 0 Å². The van der Waals surface area contributed by atoms with Gasteiger partial charge in [0.25, 0.3) is 0 Å². The average Bonchev–Trinajstić information content (AvgIpc) is 2.76. The number of para-hydroxylation sites is 2. The van der Waals surface area contributed by atoms with E-state index in [-0.39, 0.29) is 0 Å². The summed E-state index contributed by atoms with van der Waals surface area (Å²) in [5.41, 5.74) is 1.05. The van der Waals surface area contributed by atoms with Crippen molar-refractivity contribution in [1.29, 1.82) is 0 Å². The van der Waals surface area contributed by atoms with E-state index in [9.17, 15) is 0 Å². The molecule has 1 fully saturated rings. The lowest BCUT2D eigenvalue weighted by molar-refractivity contribution is 0.0142. The topological polar surface area (TPSA) is 61.9 Å². The van der Waals surface area contributed by atoms with Gasteiger partial charge in [-0.2, -0.15) is 0 Å². The van der Waals surface area contributed by atoms with Crippen molar-refractivity contribution < 1.29 is 28.4 Å². The van der Waals surface area contributed by atoms with Crippen LogP contribution in [0.5, 0.6) is 5.75 Å². The summed E-state index contributed by atoms with van der Waals surface area (Å²) in [5, 5.41) is 0. The standard InChI is InChI=1S/C22H36N2O6/c1-2-4-22-21(3-1)24-8-13-28-17-15-25-10-5-23(7-12-27-19-20-30-22)6-11-26-16-18-29-14-9-24/h1-4H,5-20H2. The zero-order valence-electron chi connectivity index (χ0n) is 18.0. The van der Waals surface area contributed by atoms with E-state index in [2.05, 4.69) is 15.9 Å². The summed E-state index contributed by atoms with van der Waals surface area (Å²) >= 11 is 0. The Bertz CT molecular complexity index is 556. The molecular formula is C22H36N2O6. The average molecular weight is 425 g/mol. The van der Waals surface area contributed by atoms with Crippen LogP contribution in [0.1, 0.15) is 0 Å². The Morgan fingerprint density at radius 3 is 1.53 bits per heavy atom. The van der Waals surface area contributed by atoms with Crippen LogP contribution in [0, 0.1) is 0 Å². The molecule has 3 aliphatic rings. The summed E-state index contributed by atoms with van der Waals surface area (Å²) in [6, 6.07) is 8.11. The number of hydrogen-bond acceptors (Lipinski definition) is 8. The summed E-state index contributed by atoms with van der Waals surface area (Å²) < 4.78 is 35.0. The van der Waals surface area contributed by atoms with Crippen molar-refractivity contribution in [3.63, 3.8) is 0 Å². The maximum absolute atomic E-state index is 6.05. The number of ether oxygens (including phenoxy) is 6. The van der Waals surface area contributed by atoms with Crippen LogP contribution in [0.2, 0.25) is 0 Å². The molecule has 0 saturated carbocycles. The van der Waals surface area contributed by atoms with E-state index in [1.807, 2.05) is 18.2 Å². The van der Waals surface area contributed by atoms with Crippen molar-refractivity contribution in [3.05, 3.63) is 24.3 Å². The molecule has 1 aromatic carbocycles. The van der Waals surface area contributed by atoms with Gasteiger partial charge in [0.1, 0.15) is 12.4 Å². The Morgan fingerprint density at radius 2 is 0.967 bits per heavy atom. The van der Waals surface area contributed by atoms with Crippen molar-refractivity contribution in [1.82, 2.24) is 4.90 Å². The van der Waals surface area contributed by atoms with E-state index in [1.54, 1.807) is 0 Å².